The van der Waals surface area contributed by atoms with Crippen molar-refractivity contribution in [2.45, 2.75) is 19.9 Å². The van der Waals surface area contributed by atoms with Crippen molar-refractivity contribution < 1.29 is 9.18 Å². The molecule has 0 saturated heterocycles. The molecule has 0 saturated carbocycles. The van der Waals surface area contributed by atoms with Crippen LogP contribution in [0, 0.1) is 12.7 Å². The van der Waals surface area contributed by atoms with E-state index in [1.165, 1.54) is 6.07 Å². The van der Waals surface area contributed by atoms with Gasteiger partial charge in [0.1, 0.15) is 5.82 Å². The van der Waals surface area contributed by atoms with Gasteiger partial charge < -0.3 is 11.1 Å². The van der Waals surface area contributed by atoms with E-state index in [0.29, 0.717) is 10.0 Å². The van der Waals surface area contributed by atoms with Crippen molar-refractivity contribution in [3.63, 3.8) is 0 Å². The highest BCUT2D eigenvalue weighted by Crippen LogP contribution is 2.26. The number of hydrogen-bond acceptors (Lipinski definition) is 2. The summed E-state index contributed by atoms with van der Waals surface area (Å²) in [5.74, 6) is -0.729. The fourth-order valence-electron chi connectivity index (χ4n) is 2.08. The van der Waals surface area contributed by atoms with Crippen LogP contribution in [0.15, 0.2) is 40.9 Å². The normalized spacial score (nSPS) is 12.0. The lowest BCUT2D eigenvalue weighted by Crippen LogP contribution is -2.12. The molecule has 3 N–H and O–H groups in total. The molecule has 0 aliphatic carbocycles. The van der Waals surface area contributed by atoms with E-state index in [9.17, 15) is 9.18 Å². The molecule has 0 spiro atoms. The minimum atomic E-state index is -0.444. The number of nitrogens with one attached hydrogen (secondary N) is 1. The molecular weight excluding hydrogens is 335 g/mol. The maximum atomic E-state index is 13.3. The number of benzene rings is 2. The topological polar surface area (TPSA) is 55.1 Å². The molecule has 110 valence electrons. The van der Waals surface area contributed by atoms with Crippen LogP contribution in [0.5, 0.6) is 0 Å². The molecular formula is C16H16BrFN2O. The lowest BCUT2D eigenvalue weighted by molar-refractivity contribution is 0.1000. The zero-order valence-electron chi connectivity index (χ0n) is 11.8. The van der Waals surface area contributed by atoms with Crippen molar-refractivity contribution in [2.75, 3.05) is 5.32 Å². The van der Waals surface area contributed by atoms with E-state index >= 15 is 0 Å². The van der Waals surface area contributed by atoms with Gasteiger partial charge in [-0.25, -0.2) is 4.39 Å². The molecule has 2 aromatic rings. The van der Waals surface area contributed by atoms with Gasteiger partial charge in [-0.3, -0.25) is 4.79 Å². The third-order valence-corrected chi connectivity index (χ3v) is 3.93. The van der Waals surface area contributed by atoms with E-state index < -0.39 is 5.91 Å². The van der Waals surface area contributed by atoms with E-state index in [1.54, 1.807) is 24.3 Å². The monoisotopic (exact) mass is 350 g/mol. The Bertz CT molecular complexity index is 688. The summed E-state index contributed by atoms with van der Waals surface area (Å²) in [5.41, 5.74) is 8.54. The summed E-state index contributed by atoms with van der Waals surface area (Å²) in [6.07, 6.45) is 0. The number of anilines is 1. The summed E-state index contributed by atoms with van der Waals surface area (Å²) in [6.45, 7) is 3.89. The summed E-state index contributed by atoms with van der Waals surface area (Å²) in [7, 11) is 0. The van der Waals surface area contributed by atoms with Crippen molar-refractivity contribution in [1.29, 1.82) is 0 Å². The molecule has 0 aliphatic heterocycles. The summed E-state index contributed by atoms with van der Waals surface area (Å²) in [4.78, 5) is 11.1. The summed E-state index contributed by atoms with van der Waals surface area (Å²) in [5, 5.41) is 3.34. The van der Waals surface area contributed by atoms with Crippen LogP contribution in [0.2, 0.25) is 0 Å². The molecule has 0 fully saturated rings. The Labute approximate surface area is 131 Å². The summed E-state index contributed by atoms with van der Waals surface area (Å²) < 4.78 is 13.7. The van der Waals surface area contributed by atoms with Crippen LogP contribution >= 0.6 is 15.9 Å². The first-order valence-corrected chi connectivity index (χ1v) is 7.29. The third-order valence-electron chi connectivity index (χ3n) is 3.33. The molecule has 0 radical (unpaired) electrons. The van der Waals surface area contributed by atoms with Crippen molar-refractivity contribution in [2.24, 2.45) is 5.73 Å². The number of amides is 1. The van der Waals surface area contributed by atoms with Crippen molar-refractivity contribution >= 4 is 27.5 Å². The minimum absolute atomic E-state index is 0.0000260. The molecule has 2 rings (SSSR count). The van der Waals surface area contributed by atoms with Gasteiger partial charge in [-0.1, -0.05) is 6.07 Å². The number of aryl methyl sites for hydroxylation is 1. The van der Waals surface area contributed by atoms with Gasteiger partial charge in [0.05, 0.1) is 4.47 Å². The zero-order chi connectivity index (χ0) is 15.6. The second kappa shape index (κ2) is 6.26. The molecule has 0 aromatic heterocycles. The Morgan fingerprint density at radius 3 is 2.57 bits per heavy atom. The first-order valence-electron chi connectivity index (χ1n) is 6.50. The fourth-order valence-corrected chi connectivity index (χ4v) is 2.47. The lowest BCUT2D eigenvalue weighted by Gasteiger charge is -2.18. The zero-order valence-corrected chi connectivity index (χ0v) is 13.4. The fraction of sp³-hybridized carbons (Fsp3) is 0.188. The van der Waals surface area contributed by atoms with Crippen LogP contribution in [-0.2, 0) is 0 Å². The maximum Gasteiger partial charge on any atom is 0.248 e. The molecule has 0 bridgehead atoms. The SMILES string of the molecule is Cc1cc(C(N)=O)ccc1NC(C)c1ccc(F)c(Br)c1. The van der Waals surface area contributed by atoms with Crippen LogP contribution in [-0.4, -0.2) is 5.91 Å². The number of rotatable bonds is 4. The smallest absolute Gasteiger partial charge is 0.248 e. The molecule has 21 heavy (non-hydrogen) atoms. The summed E-state index contributed by atoms with van der Waals surface area (Å²) >= 11 is 3.19. The quantitative estimate of drug-likeness (QED) is 0.869. The second-order valence-electron chi connectivity index (χ2n) is 4.93. The molecule has 1 unspecified atom stereocenters. The minimum Gasteiger partial charge on any atom is -0.378 e. The van der Waals surface area contributed by atoms with E-state index in [0.717, 1.165) is 16.8 Å². The van der Waals surface area contributed by atoms with E-state index in [2.05, 4.69) is 21.2 Å². The maximum absolute atomic E-state index is 13.3. The Balaban J connectivity index is 2.21. The van der Waals surface area contributed by atoms with Gasteiger partial charge in [0.2, 0.25) is 5.91 Å². The van der Waals surface area contributed by atoms with Gasteiger partial charge in [0, 0.05) is 17.3 Å². The average molecular weight is 351 g/mol. The Morgan fingerprint density at radius 1 is 1.29 bits per heavy atom. The first-order chi connectivity index (χ1) is 9.88. The molecule has 1 atom stereocenters. The van der Waals surface area contributed by atoms with E-state index in [-0.39, 0.29) is 11.9 Å². The van der Waals surface area contributed by atoms with Crippen LogP contribution < -0.4 is 11.1 Å². The highest BCUT2D eigenvalue weighted by atomic mass is 79.9. The molecule has 2 aromatic carbocycles. The van der Waals surface area contributed by atoms with Crippen molar-refractivity contribution in [1.82, 2.24) is 0 Å². The van der Waals surface area contributed by atoms with Crippen molar-refractivity contribution in [3.8, 4) is 0 Å². The lowest BCUT2D eigenvalue weighted by atomic mass is 10.1. The predicted molar refractivity (Wildman–Crippen MR) is 85.8 cm³/mol. The Hall–Kier alpha value is -1.88. The van der Waals surface area contributed by atoms with Crippen LogP contribution in [0.4, 0.5) is 10.1 Å². The number of carbonyl (C=O) groups is 1. The standard InChI is InChI=1S/C16H16BrFN2O/c1-9-7-12(16(19)21)4-6-15(9)20-10(2)11-3-5-14(18)13(17)8-11/h3-8,10,20H,1-2H3,(H2,19,21). The summed E-state index contributed by atoms with van der Waals surface area (Å²) in [6, 6.07) is 10.2. The molecule has 1 amide bonds. The molecule has 3 nitrogen and oxygen atoms in total. The Kier molecular flexibility index (Phi) is 4.63. The van der Waals surface area contributed by atoms with E-state index in [4.69, 9.17) is 5.73 Å². The number of nitrogens with two attached hydrogens (primary N) is 1. The highest BCUT2D eigenvalue weighted by Gasteiger charge is 2.10. The Morgan fingerprint density at radius 2 is 2.00 bits per heavy atom. The molecule has 0 aliphatic rings. The van der Waals surface area contributed by atoms with Crippen molar-refractivity contribution in [3.05, 3.63) is 63.4 Å². The van der Waals surface area contributed by atoms with Gasteiger partial charge >= 0.3 is 0 Å². The number of hydrogen-bond donors (Lipinski definition) is 2. The predicted octanol–water partition coefficient (Wildman–Crippen LogP) is 4.17. The van der Waals surface area contributed by atoms with Gasteiger partial charge in [0.15, 0.2) is 0 Å². The first kappa shape index (κ1) is 15.5. The molecule has 5 heteroatoms. The average Bonchev–Trinajstić information content (AvgIpc) is 2.43. The van der Waals surface area contributed by atoms with Crippen LogP contribution in [0.3, 0.4) is 0 Å². The van der Waals surface area contributed by atoms with Gasteiger partial charge in [-0.2, -0.15) is 0 Å². The van der Waals surface area contributed by atoms with Gasteiger partial charge in [-0.05, 0) is 71.2 Å². The molecule has 0 heterocycles. The second-order valence-corrected chi connectivity index (χ2v) is 5.79. The van der Waals surface area contributed by atoms with Crippen LogP contribution in [0.1, 0.15) is 34.5 Å². The highest BCUT2D eigenvalue weighted by molar-refractivity contribution is 9.10. The number of primary amides is 1. The third kappa shape index (κ3) is 3.61. The van der Waals surface area contributed by atoms with Crippen LogP contribution in [0.25, 0.3) is 0 Å². The van der Waals surface area contributed by atoms with Gasteiger partial charge in [-0.15, -0.1) is 0 Å². The number of halogens is 2. The van der Waals surface area contributed by atoms with Gasteiger partial charge in [0.25, 0.3) is 0 Å². The number of carbonyl (C=O) groups excluding carboxylic acids is 1. The van der Waals surface area contributed by atoms with E-state index in [1.807, 2.05) is 19.9 Å². The largest absolute Gasteiger partial charge is 0.378 e.